The molecule has 2 aromatic carbocycles. The Morgan fingerprint density at radius 3 is 2.60 bits per heavy atom. The lowest BCUT2D eigenvalue weighted by atomic mass is 10.00. The van der Waals surface area contributed by atoms with Gasteiger partial charge in [-0.15, -0.1) is 0 Å². The number of alkyl halides is 3. The quantitative estimate of drug-likeness (QED) is 0.270. The summed E-state index contributed by atoms with van der Waals surface area (Å²) in [5.41, 5.74) is 3.28. The number of nitrogens with one attached hydrogen (secondary N) is 2. The first-order valence-electron chi connectivity index (χ1n) is 12.4. The Kier molecular flexibility index (Phi) is 7.59. The van der Waals surface area contributed by atoms with Gasteiger partial charge in [-0.2, -0.15) is 13.2 Å². The fraction of sp³-hybridized carbons (Fsp3) is 0.207. The highest BCUT2D eigenvalue weighted by Crippen LogP contribution is 2.43. The van der Waals surface area contributed by atoms with Crippen LogP contribution >= 0.6 is 12.2 Å². The SMILES string of the molecule is COCC(=O)Nc1ccc(N2C(=S)N[C@H](c3ccccn3)[C@@H]2c2cccn2-c2cccc(C(F)(F)F)c2)cc1C. The first kappa shape index (κ1) is 27.4. The van der Waals surface area contributed by atoms with Crippen LogP contribution < -0.4 is 15.5 Å². The third-order valence-electron chi connectivity index (χ3n) is 6.67. The summed E-state index contributed by atoms with van der Waals surface area (Å²) < 4.78 is 47.2. The highest BCUT2D eigenvalue weighted by atomic mass is 32.1. The predicted molar refractivity (Wildman–Crippen MR) is 150 cm³/mol. The van der Waals surface area contributed by atoms with Gasteiger partial charge >= 0.3 is 6.18 Å². The number of rotatable bonds is 7. The Hall–Kier alpha value is -4.22. The molecule has 1 amide bonds. The third-order valence-corrected chi connectivity index (χ3v) is 6.99. The van der Waals surface area contributed by atoms with Crippen LogP contribution in [0.25, 0.3) is 5.69 Å². The van der Waals surface area contributed by atoms with Crippen LogP contribution in [0.5, 0.6) is 0 Å². The van der Waals surface area contributed by atoms with Gasteiger partial charge in [0.1, 0.15) is 12.6 Å². The van der Waals surface area contributed by atoms with Crippen LogP contribution in [-0.2, 0) is 15.7 Å². The molecule has 40 heavy (non-hydrogen) atoms. The van der Waals surface area contributed by atoms with Gasteiger partial charge < -0.3 is 24.8 Å². The highest BCUT2D eigenvalue weighted by Gasteiger charge is 2.42. The van der Waals surface area contributed by atoms with Gasteiger partial charge in [0.2, 0.25) is 5.91 Å². The topological polar surface area (TPSA) is 71.4 Å². The molecule has 1 aliphatic heterocycles. The number of thiocarbonyl (C=S) groups is 1. The molecular formula is C29H26F3N5O2S. The summed E-state index contributed by atoms with van der Waals surface area (Å²) in [5.74, 6) is -0.274. The fourth-order valence-electron chi connectivity index (χ4n) is 4.89. The van der Waals surface area contributed by atoms with E-state index in [0.717, 1.165) is 34.8 Å². The number of nitrogens with zero attached hydrogens (tertiary/aromatic N) is 3. The van der Waals surface area contributed by atoms with Crippen molar-refractivity contribution in [1.82, 2.24) is 14.9 Å². The molecule has 0 bridgehead atoms. The van der Waals surface area contributed by atoms with Gasteiger partial charge in [0, 0.05) is 42.3 Å². The Balaban J connectivity index is 1.60. The maximum absolute atomic E-state index is 13.5. The Labute approximate surface area is 234 Å². The zero-order valence-corrected chi connectivity index (χ0v) is 22.5. The molecule has 0 unspecified atom stereocenters. The number of ether oxygens (including phenoxy) is 1. The number of aromatic nitrogens is 2. The normalized spacial score (nSPS) is 17.1. The second kappa shape index (κ2) is 11.1. The van der Waals surface area contributed by atoms with Gasteiger partial charge in [-0.25, -0.2) is 0 Å². The molecule has 0 saturated carbocycles. The molecule has 4 aromatic rings. The van der Waals surface area contributed by atoms with E-state index in [-0.39, 0.29) is 12.5 Å². The van der Waals surface area contributed by atoms with Crippen molar-refractivity contribution >= 4 is 34.6 Å². The largest absolute Gasteiger partial charge is 0.416 e. The number of hydrogen-bond acceptors (Lipinski definition) is 4. The molecule has 3 heterocycles. The molecule has 2 aromatic heterocycles. The number of amides is 1. The van der Waals surface area contributed by atoms with Crippen LogP contribution in [-0.4, -0.2) is 34.3 Å². The van der Waals surface area contributed by atoms with Gasteiger partial charge in [-0.3, -0.25) is 9.78 Å². The molecule has 7 nitrogen and oxygen atoms in total. The van der Waals surface area contributed by atoms with Gasteiger partial charge in [-0.1, -0.05) is 12.1 Å². The number of aryl methyl sites for hydroxylation is 1. The average molecular weight is 566 g/mol. The van der Waals surface area contributed by atoms with Gasteiger partial charge in [0.05, 0.1) is 17.3 Å². The second-order valence-electron chi connectivity index (χ2n) is 9.33. The van der Waals surface area contributed by atoms with Crippen molar-refractivity contribution in [3.8, 4) is 5.69 Å². The monoisotopic (exact) mass is 565 g/mol. The number of carbonyl (C=O) groups is 1. The van der Waals surface area contributed by atoms with Crippen LogP contribution in [0.3, 0.4) is 0 Å². The number of pyridine rings is 1. The Morgan fingerprint density at radius 2 is 1.90 bits per heavy atom. The van der Waals surface area contributed by atoms with E-state index in [1.807, 2.05) is 48.2 Å². The zero-order valence-electron chi connectivity index (χ0n) is 21.6. The summed E-state index contributed by atoms with van der Waals surface area (Å²) in [4.78, 5) is 18.5. The minimum atomic E-state index is -4.47. The van der Waals surface area contributed by atoms with E-state index in [9.17, 15) is 18.0 Å². The predicted octanol–water partition coefficient (Wildman–Crippen LogP) is 5.96. The van der Waals surface area contributed by atoms with Crippen molar-refractivity contribution in [2.24, 2.45) is 0 Å². The number of carbonyl (C=O) groups excluding carboxylic acids is 1. The molecule has 11 heteroatoms. The highest BCUT2D eigenvalue weighted by molar-refractivity contribution is 7.80. The minimum Gasteiger partial charge on any atom is -0.375 e. The zero-order chi connectivity index (χ0) is 28.4. The van der Waals surface area contributed by atoms with Crippen LogP contribution in [0.4, 0.5) is 24.5 Å². The summed E-state index contributed by atoms with van der Waals surface area (Å²) in [6, 6.07) is 19.1. The summed E-state index contributed by atoms with van der Waals surface area (Å²) in [6.45, 7) is 1.80. The Bertz CT molecular complexity index is 1540. The fourth-order valence-corrected chi connectivity index (χ4v) is 5.24. The van der Waals surface area contributed by atoms with Crippen LogP contribution in [0.15, 0.2) is 85.2 Å². The molecule has 0 radical (unpaired) electrons. The average Bonchev–Trinajstić information content (AvgIpc) is 3.54. The molecule has 206 valence electrons. The molecule has 1 fully saturated rings. The molecular weight excluding hydrogens is 539 g/mol. The minimum absolute atomic E-state index is 0.0678. The van der Waals surface area contributed by atoms with Crippen molar-refractivity contribution in [3.63, 3.8) is 0 Å². The van der Waals surface area contributed by atoms with Crippen molar-refractivity contribution < 1.29 is 22.7 Å². The summed E-state index contributed by atoms with van der Waals surface area (Å²) in [6.07, 6.45) is -1.05. The lowest BCUT2D eigenvalue weighted by Gasteiger charge is -2.29. The summed E-state index contributed by atoms with van der Waals surface area (Å²) in [5, 5.41) is 6.63. The van der Waals surface area contributed by atoms with E-state index < -0.39 is 23.8 Å². The van der Waals surface area contributed by atoms with Gasteiger partial charge in [-0.05, 0) is 85.4 Å². The maximum atomic E-state index is 13.5. The number of anilines is 2. The molecule has 0 spiro atoms. The van der Waals surface area contributed by atoms with E-state index in [1.54, 1.807) is 35.2 Å². The van der Waals surface area contributed by atoms with Crippen molar-refractivity contribution in [2.45, 2.75) is 25.2 Å². The van der Waals surface area contributed by atoms with Crippen LogP contribution in [0.1, 0.15) is 34.6 Å². The summed E-state index contributed by atoms with van der Waals surface area (Å²) in [7, 11) is 1.45. The van der Waals surface area contributed by atoms with E-state index >= 15 is 0 Å². The standard InChI is InChI=1S/C29H26F3N5O2S/c1-18-15-21(11-12-22(18)34-25(38)17-39-2)37-27(26(35-28(37)40)23-9-3-4-13-33-23)24-10-6-14-36(24)20-8-5-7-19(16-20)29(30,31)32/h3-16,26-27H,17H2,1-2H3,(H,34,38)(H,35,40)/t26-,27+/m1/s1. The van der Waals surface area contributed by atoms with Gasteiger partial charge in [0.15, 0.2) is 5.11 Å². The maximum Gasteiger partial charge on any atom is 0.416 e. The van der Waals surface area contributed by atoms with E-state index in [1.165, 1.54) is 13.2 Å². The molecule has 2 N–H and O–H groups in total. The number of hydrogen-bond donors (Lipinski definition) is 2. The summed E-state index contributed by atoms with van der Waals surface area (Å²) >= 11 is 5.80. The van der Waals surface area contributed by atoms with Crippen LogP contribution in [0, 0.1) is 6.92 Å². The van der Waals surface area contributed by atoms with Gasteiger partial charge in [0.25, 0.3) is 0 Å². The van der Waals surface area contributed by atoms with E-state index in [2.05, 4.69) is 15.6 Å². The smallest absolute Gasteiger partial charge is 0.375 e. The van der Waals surface area contributed by atoms with E-state index in [0.29, 0.717) is 16.5 Å². The molecule has 1 saturated heterocycles. The molecule has 2 atom stereocenters. The number of benzene rings is 2. The lowest BCUT2D eigenvalue weighted by molar-refractivity contribution is -0.137. The van der Waals surface area contributed by atoms with Crippen molar-refractivity contribution in [3.05, 3.63) is 108 Å². The number of halogens is 3. The molecule has 5 rings (SSSR count). The first-order valence-corrected chi connectivity index (χ1v) is 12.8. The third kappa shape index (κ3) is 5.43. The second-order valence-corrected chi connectivity index (χ2v) is 9.71. The van der Waals surface area contributed by atoms with Crippen LogP contribution in [0.2, 0.25) is 0 Å². The van der Waals surface area contributed by atoms with E-state index in [4.69, 9.17) is 17.0 Å². The Morgan fingerprint density at radius 1 is 1.07 bits per heavy atom. The van der Waals surface area contributed by atoms with Crippen molar-refractivity contribution in [2.75, 3.05) is 23.9 Å². The molecule has 1 aliphatic rings. The lowest BCUT2D eigenvalue weighted by Crippen LogP contribution is -2.30. The molecule has 0 aliphatic carbocycles. The first-order chi connectivity index (χ1) is 19.2. The van der Waals surface area contributed by atoms with Crippen molar-refractivity contribution in [1.29, 1.82) is 0 Å². The number of methoxy groups -OCH3 is 1.